The van der Waals surface area contributed by atoms with Gasteiger partial charge in [0.25, 0.3) is 0 Å². The molecule has 0 aliphatic heterocycles. The van der Waals surface area contributed by atoms with Gasteiger partial charge in [-0.2, -0.15) is 0 Å². The molecule has 1 heteroatoms. The van der Waals surface area contributed by atoms with Crippen molar-refractivity contribution in [3.63, 3.8) is 0 Å². The molecule has 0 bridgehead atoms. The molecule has 0 saturated carbocycles. The fourth-order valence-electron chi connectivity index (χ4n) is 0.662. The molecule has 0 N–H and O–H groups in total. The van der Waals surface area contributed by atoms with Crippen molar-refractivity contribution in [3.05, 3.63) is 18.1 Å². The van der Waals surface area contributed by atoms with Crippen molar-refractivity contribution in [3.8, 4) is 0 Å². The molecule has 1 rings (SSSR count). The molecule has 1 nitrogen and oxygen atoms in total. The first-order chi connectivity index (χ1) is 4.43. The molecule has 0 spiro atoms. The van der Waals surface area contributed by atoms with Crippen LogP contribution in [0.25, 0.3) is 0 Å². The zero-order valence-corrected chi connectivity index (χ0v) is 5.89. The van der Waals surface area contributed by atoms with Crippen LogP contribution >= 0.6 is 0 Å². The van der Waals surface area contributed by atoms with Gasteiger partial charge in [0.05, 0.1) is 6.61 Å². The average Bonchev–Trinajstić information content (AvgIpc) is 2.63. The molecule has 1 radical (unpaired) electrons. The summed E-state index contributed by atoms with van der Waals surface area (Å²) in [7, 11) is 0. The third kappa shape index (κ3) is 3.31. The maximum absolute atomic E-state index is 5.27. The van der Waals surface area contributed by atoms with E-state index in [1.807, 2.05) is 0 Å². The van der Waals surface area contributed by atoms with E-state index in [1.165, 1.54) is 5.57 Å². The highest BCUT2D eigenvalue weighted by Gasteiger charge is 2.05. The van der Waals surface area contributed by atoms with Crippen LogP contribution in [0.3, 0.4) is 0 Å². The third-order valence-electron chi connectivity index (χ3n) is 1.29. The van der Waals surface area contributed by atoms with E-state index in [0.29, 0.717) is 0 Å². The lowest BCUT2D eigenvalue weighted by Crippen LogP contribution is -1.93. The maximum Gasteiger partial charge on any atom is 0.0503 e. The van der Waals surface area contributed by atoms with E-state index in [4.69, 9.17) is 4.74 Å². The van der Waals surface area contributed by atoms with Gasteiger partial charge in [-0.15, -0.1) is 0 Å². The van der Waals surface area contributed by atoms with Crippen LogP contribution in [-0.2, 0) is 4.74 Å². The third-order valence-corrected chi connectivity index (χ3v) is 1.29. The molecule has 51 valence electrons. The van der Waals surface area contributed by atoms with Gasteiger partial charge in [0.1, 0.15) is 0 Å². The van der Waals surface area contributed by atoms with Gasteiger partial charge >= 0.3 is 0 Å². The van der Waals surface area contributed by atoms with Gasteiger partial charge in [0.15, 0.2) is 0 Å². The first-order valence-electron chi connectivity index (χ1n) is 3.55. The van der Waals surface area contributed by atoms with Crippen molar-refractivity contribution in [1.29, 1.82) is 0 Å². The second kappa shape index (κ2) is 3.67. The summed E-state index contributed by atoms with van der Waals surface area (Å²) < 4.78 is 5.27. The van der Waals surface area contributed by atoms with Crippen LogP contribution in [0.2, 0.25) is 0 Å². The smallest absolute Gasteiger partial charge is 0.0503 e. The van der Waals surface area contributed by atoms with Gasteiger partial charge in [-0.1, -0.05) is 18.6 Å². The van der Waals surface area contributed by atoms with Crippen molar-refractivity contribution < 1.29 is 4.74 Å². The van der Waals surface area contributed by atoms with E-state index in [-0.39, 0.29) is 0 Å². The molecule has 0 saturated heterocycles. The predicted octanol–water partition coefficient (Wildman–Crippen LogP) is 1.95. The van der Waals surface area contributed by atoms with Gasteiger partial charge in [-0.25, -0.2) is 0 Å². The molecule has 0 amide bonds. The summed E-state index contributed by atoms with van der Waals surface area (Å²) in [6.45, 7) is 3.94. The van der Waals surface area contributed by atoms with E-state index in [1.54, 1.807) is 0 Å². The molecule has 0 aromatic rings. The van der Waals surface area contributed by atoms with Crippen LogP contribution in [0.1, 0.15) is 19.8 Å². The molecular weight excluding hydrogens is 112 g/mol. The van der Waals surface area contributed by atoms with Crippen LogP contribution in [0.5, 0.6) is 0 Å². The highest BCUT2D eigenvalue weighted by Crippen LogP contribution is 2.19. The minimum Gasteiger partial charge on any atom is -0.381 e. The van der Waals surface area contributed by atoms with Crippen molar-refractivity contribution in [2.45, 2.75) is 19.8 Å². The average molecular weight is 125 g/mol. The van der Waals surface area contributed by atoms with Crippen molar-refractivity contribution in [2.75, 3.05) is 13.2 Å². The molecule has 0 unspecified atom stereocenters. The summed E-state index contributed by atoms with van der Waals surface area (Å²) in [6, 6.07) is 0. The van der Waals surface area contributed by atoms with E-state index in [9.17, 15) is 0 Å². The first-order valence-corrected chi connectivity index (χ1v) is 3.55. The number of ether oxygens (including phenoxy) is 1. The quantitative estimate of drug-likeness (QED) is 0.510. The Kier molecular flexibility index (Phi) is 2.78. The van der Waals surface area contributed by atoms with E-state index < -0.39 is 0 Å². The van der Waals surface area contributed by atoms with Crippen LogP contribution in [-0.4, -0.2) is 13.2 Å². The maximum atomic E-state index is 5.27. The Morgan fingerprint density at radius 1 is 1.44 bits per heavy atom. The topological polar surface area (TPSA) is 9.23 Å². The Balaban J connectivity index is 1.76. The van der Waals surface area contributed by atoms with Crippen molar-refractivity contribution in [1.82, 2.24) is 0 Å². The number of rotatable bonds is 5. The standard InChI is InChI=1S/C8H13O/c1-2-6-9-7-5-8-3-4-8/h3-4H,2,5-7H2,1H3. The molecular formula is C8H13O. The Bertz CT molecular complexity index is 105. The summed E-state index contributed by atoms with van der Waals surface area (Å²) in [5, 5.41) is 0. The molecule has 0 heterocycles. The Hall–Kier alpha value is -0.300. The molecule has 0 fully saturated rings. The lowest BCUT2D eigenvalue weighted by Gasteiger charge is -1.97. The van der Waals surface area contributed by atoms with E-state index >= 15 is 0 Å². The summed E-state index contributed by atoms with van der Waals surface area (Å²) in [5.41, 5.74) is 1.45. The Morgan fingerprint density at radius 3 is 2.78 bits per heavy atom. The summed E-state index contributed by atoms with van der Waals surface area (Å²) in [6.07, 6.45) is 6.51. The SMILES string of the molecule is CCCOCCC1=C[CH]1. The minimum atomic E-state index is 0.899. The van der Waals surface area contributed by atoms with E-state index in [2.05, 4.69) is 19.4 Å². The van der Waals surface area contributed by atoms with Crippen LogP contribution in [0, 0.1) is 6.42 Å². The summed E-state index contributed by atoms with van der Waals surface area (Å²) >= 11 is 0. The molecule has 0 atom stereocenters. The van der Waals surface area contributed by atoms with Crippen LogP contribution in [0.15, 0.2) is 11.6 Å². The second-order valence-corrected chi connectivity index (χ2v) is 2.27. The van der Waals surface area contributed by atoms with Gasteiger partial charge in [-0.3, -0.25) is 0 Å². The zero-order chi connectivity index (χ0) is 6.53. The fourth-order valence-corrected chi connectivity index (χ4v) is 0.662. The van der Waals surface area contributed by atoms with Gasteiger partial charge in [0, 0.05) is 13.0 Å². The minimum absolute atomic E-state index is 0.899. The van der Waals surface area contributed by atoms with Gasteiger partial charge in [-0.05, 0) is 12.8 Å². The predicted molar refractivity (Wildman–Crippen MR) is 38.1 cm³/mol. The molecule has 1 aliphatic carbocycles. The van der Waals surface area contributed by atoms with Crippen LogP contribution in [0.4, 0.5) is 0 Å². The fraction of sp³-hybridized carbons (Fsp3) is 0.625. The Morgan fingerprint density at radius 2 is 2.22 bits per heavy atom. The van der Waals surface area contributed by atoms with Gasteiger partial charge in [0.2, 0.25) is 0 Å². The number of hydrogen-bond donors (Lipinski definition) is 0. The van der Waals surface area contributed by atoms with Crippen molar-refractivity contribution in [2.24, 2.45) is 0 Å². The normalized spacial score (nSPS) is 15.4. The largest absolute Gasteiger partial charge is 0.381 e. The first kappa shape index (κ1) is 6.81. The molecule has 1 aliphatic rings. The number of hydrogen-bond acceptors (Lipinski definition) is 1. The summed E-state index contributed by atoms with van der Waals surface area (Å²) in [5.74, 6) is 0. The lowest BCUT2D eigenvalue weighted by molar-refractivity contribution is 0.138. The monoisotopic (exact) mass is 125 g/mol. The highest BCUT2D eigenvalue weighted by atomic mass is 16.5. The molecule has 9 heavy (non-hydrogen) atoms. The van der Waals surface area contributed by atoms with E-state index in [0.717, 1.165) is 26.1 Å². The molecule has 0 aromatic carbocycles. The zero-order valence-electron chi connectivity index (χ0n) is 5.89. The Labute approximate surface area is 56.7 Å². The second-order valence-electron chi connectivity index (χ2n) is 2.27. The number of allylic oxidation sites excluding steroid dienone is 1. The van der Waals surface area contributed by atoms with Gasteiger partial charge < -0.3 is 4.74 Å². The molecule has 0 aromatic heterocycles. The summed E-state index contributed by atoms with van der Waals surface area (Å²) in [4.78, 5) is 0. The lowest BCUT2D eigenvalue weighted by atomic mass is 10.4. The van der Waals surface area contributed by atoms with Crippen LogP contribution < -0.4 is 0 Å². The highest BCUT2D eigenvalue weighted by molar-refractivity contribution is 5.38. The van der Waals surface area contributed by atoms with Crippen molar-refractivity contribution >= 4 is 0 Å².